The van der Waals surface area contributed by atoms with E-state index in [1.165, 1.54) is 0 Å². The summed E-state index contributed by atoms with van der Waals surface area (Å²) in [5.74, 6) is 1.52. The summed E-state index contributed by atoms with van der Waals surface area (Å²) in [5.41, 5.74) is -0.831. The van der Waals surface area contributed by atoms with Crippen molar-refractivity contribution in [3.8, 4) is 0 Å². The molecule has 0 spiro atoms. The lowest BCUT2D eigenvalue weighted by molar-refractivity contribution is 0.0786. The third-order valence-corrected chi connectivity index (χ3v) is 6.02. The zero-order valence-corrected chi connectivity index (χ0v) is 18.1. The number of aliphatic hydroxyl groups is 2. The number of hydrogen-bond acceptors (Lipinski definition) is 7. The fraction of sp³-hybridized carbons (Fsp3) is 0.435. The molecular formula is C23H29N5O3. The first-order valence-corrected chi connectivity index (χ1v) is 10.6. The lowest BCUT2D eigenvalue weighted by atomic mass is 9.77. The Bertz CT molecular complexity index is 1160. The van der Waals surface area contributed by atoms with Crippen LogP contribution in [0.2, 0.25) is 0 Å². The van der Waals surface area contributed by atoms with Crippen molar-refractivity contribution < 1.29 is 10.2 Å². The van der Waals surface area contributed by atoms with Crippen LogP contribution in [0, 0.1) is 0 Å². The number of pyridine rings is 3. The van der Waals surface area contributed by atoms with Crippen LogP contribution in [0.25, 0.3) is 10.8 Å². The first kappa shape index (κ1) is 21.3. The van der Waals surface area contributed by atoms with Crippen LogP contribution in [0.1, 0.15) is 45.6 Å². The molecule has 31 heavy (non-hydrogen) atoms. The molecule has 8 heteroatoms. The molecule has 8 nitrogen and oxygen atoms in total. The summed E-state index contributed by atoms with van der Waals surface area (Å²) in [4.78, 5) is 22.1. The summed E-state index contributed by atoms with van der Waals surface area (Å²) in [7, 11) is 0. The summed E-state index contributed by atoms with van der Waals surface area (Å²) in [6.45, 7) is 5.90. The molecule has 164 valence electrons. The molecule has 0 amide bonds. The van der Waals surface area contributed by atoms with Gasteiger partial charge in [-0.05, 0) is 75.2 Å². The molecule has 0 aromatic carbocycles. The minimum absolute atomic E-state index is 0.0161. The summed E-state index contributed by atoms with van der Waals surface area (Å²) in [6, 6.07) is 7.24. The van der Waals surface area contributed by atoms with E-state index in [1.807, 2.05) is 19.1 Å². The standard InChI is InChI=1S/C23H29N5O3/c1-4-28-11-7-15-12-18(25-17-13-16(6-10-24-17)22(2,3)31)26-20(19(15)21(28)30)27-23(14-29)8-5-9-23/h6-7,10-13,29,31H,4-5,8-9,14H2,1-3H3,(H2,24,25,26,27). The van der Waals surface area contributed by atoms with Crippen molar-refractivity contribution in [2.24, 2.45) is 0 Å². The molecule has 1 aliphatic carbocycles. The maximum atomic E-state index is 13.0. The van der Waals surface area contributed by atoms with Gasteiger partial charge in [-0.3, -0.25) is 4.79 Å². The minimum Gasteiger partial charge on any atom is -0.394 e. The molecule has 3 aromatic heterocycles. The zero-order chi connectivity index (χ0) is 22.2. The van der Waals surface area contributed by atoms with Crippen molar-refractivity contribution in [2.45, 2.75) is 57.7 Å². The molecule has 1 fully saturated rings. The lowest BCUT2D eigenvalue weighted by Crippen LogP contribution is -2.48. The number of anilines is 3. The van der Waals surface area contributed by atoms with Gasteiger partial charge < -0.3 is 25.4 Å². The Morgan fingerprint density at radius 3 is 2.61 bits per heavy atom. The highest BCUT2D eigenvalue weighted by Crippen LogP contribution is 2.36. The monoisotopic (exact) mass is 423 g/mol. The van der Waals surface area contributed by atoms with Gasteiger partial charge in [-0.1, -0.05) is 0 Å². The Kier molecular flexibility index (Phi) is 5.45. The molecule has 1 saturated carbocycles. The fourth-order valence-corrected chi connectivity index (χ4v) is 3.89. The van der Waals surface area contributed by atoms with Gasteiger partial charge >= 0.3 is 0 Å². The third-order valence-electron chi connectivity index (χ3n) is 6.02. The van der Waals surface area contributed by atoms with E-state index < -0.39 is 11.1 Å². The SMILES string of the molecule is CCn1ccc2cc(Nc3cc(C(C)(C)O)ccn3)nc(NC3(CO)CCC3)c2c1=O. The van der Waals surface area contributed by atoms with Crippen molar-refractivity contribution in [1.29, 1.82) is 0 Å². The van der Waals surface area contributed by atoms with E-state index in [9.17, 15) is 15.0 Å². The minimum atomic E-state index is -0.994. The van der Waals surface area contributed by atoms with Gasteiger partial charge in [0.1, 0.15) is 17.5 Å². The second-order valence-electron chi connectivity index (χ2n) is 8.76. The van der Waals surface area contributed by atoms with Gasteiger partial charge in [-0.15, -0.1) is 0 Å². The largest absolute Gasteiger partial charge is 0.394 e. The van der Waals surface area contributed by atoms with Gasteiger partial charge in [0.2, 0.25) is 0 Å². The number of rotatable bonds is 7. The van der Waals surface area contributed by atoms with E-state index in [-0.39, 0.29) is 12.2 Å². The maximum absolute atomic E-state index is 13.0. The van der Waals surface area contributed by atoms with Crippen LogP contribution in [0.15, 0.2) is 41.5 Å². The van der Waals surface area contributed by atoms with Gasteiger partial charge in [0.05, 0.1) is 23.1 Å². The summed E-state index contributed by atoms with van der Waals surface area (Å²) >= 11 is 0. The molecule has 0 aliphatic heterocycles. The van der Waals surface area contributed by atoms with Crippen molar-refractivity contribution in [3.63, 3.8) is 0 Å². The van der Waals surface area contributed by atoms with E-state index in [0.717, 1.165) is 30.2 Å². The molecule has 0 bridgehead atoms. The number of aliphatic hydroxyl groups excluding tert-OH is 1. The second kappa shape index (κ2) is 7.94. The molecule has 4 rings (SSSR count). The van der Waals surface area contributed by atoms with Gasteiger partial charge in [0, 0.05) is 18.9 Å². The predicted molar refractivity (Wildman–Crippen MR) is 122 cm³/mol. The molecule has 0 saturated heterocycles. The molecular weight excluding hydrogens is 394 g/mol. The van der Waals surface area contributed by atoms with E-state index in [2.05, 4.69) is 20.6 Å². The number of aryl methyl sites for hydroxylation is 1. The highest BCUT2D eigenvalue weighted by atomic mass is 16.3. The van der Waals surface area contributed by atoms with Crippen LogP contribution in [-0.4, -0.2) is 36.9 Å². The Morgan fingerprint density at radius 1 is 1.23 bits per heavy atom. The Morgan fingerprint density at radius 2 is 2.00 bits per heavy atom. The topological polar surface area (TPSA) is 112 Å². The van der Waals surface area contributed by atoms with E-state index in [1.54, 1.807) is 42.9 Å². The van der Waals surface area contributed by atoms with Crippen LogP contribution in [0.3, 0.4) is 0 Å². The average Bonchev–Trinajstić information content (AvgIpc) is 2.70. The summed E-state index contributed by atoms with van der Waals surface area (Å²) in [6.07, 6.45) is 6.08. The number of fused-ring (bicyclic) bond motifs is 1. The highest BCUT2D eigenvalue weighted by molar-refractivity contribution is 5.93. The summed E-state index contributed by atoms with van der Waals surface area (Å²) < 4.78 is 1.64. The quantitative estimate of drug-likeness (QED) is 0.462. The number of hydrogen-bond donors (Lipinski definition) is 4. The predicted octanol–water partition coefficient (Wildman–Crippen LogP) is 3.11. The molecule has 4 N–H and O–H groups in total. The van der Waals surface area contributed by atoms with Crippen LogP contribution in [0.4, 0.5) is 17.5 Å². The van der Waals surface area contributed by atoms with Crippen molar-refractivity contribution in [2.75, 3.05) is 17.2 Å². The van der Waals surface area contributed by atoms with Crippen molar-refractivity contribution in [1.82, 2.24) is 14.5 Å². The first-order valence-electron chi connectivity index (χ1n) is 10.6. The Hall–Kier alpha value is -2.97. The molecule has 3 aromatic rings. The normalized spacial score (nSPS) is 15.5. The molecule has 0 unspecified atom stereocenters. The number of nitrogens with one attached hydrogen (secondary N) is 2. The average molecular weight is 424 g/mol. The van der Waals surface area contributed by atoms with Gasteiger partial charge in [0.25, 0.3) is 5.56 Å². The smallest absolute Gasteiger partial charge is 0.262 e. The van der Waals surface area contributed by atoms with Crippen LogP contribution >= 0.6 is 0 Å². The Labute approximate surface area is 181 Å². The van der Waals surface area contributed by atoms with Crippen molar-refractivity contribution in [3.05, 3.63) is 52.6 Å². The Balaban J connectivity index is 1.79. The van der Waals surface area contributed by atoms with Crippen LogP contribution in [-0.2, 0) is 12.1 Å². The van der Waals surface area contributed by atoms with Crippen LogP contribution in [0.5, 0.6) is 0 Å². The van der Waals surface area contributed by atoms with Gasteiger partial charge in [-0.25, -0.2) is 9.97 Å². The molecule has 0 atom stereocenters. The molecule has 1 aliphatic rings. The third kappa shape index (κ3) is 4.13. The van der Waals surface area contributed by atoms with Gasteiger partial charge in [0.15, 0.2) is 0 Å². The van der Waals surface area contributed by atoms with Gasteiger partial charge in [-0.2, -0.15) is 0 Å². The fourth-order valence-electron chi connectivity index (χ4n) is 3.89. The maximum Gasteiger partial charge on any atom is 0.262 e. The second-order valence-corrected chi connectivity index (χ2v) is 8.76. The van der Waals surface area contributed by atoms with Crippen molar-refractivity contribution >= 4 is 28.2 Å². The zero-order valence-electron chi connectivity index (χ0n) is 18.1. The lowest BCUT2D eigenvalue weighted by Gasteiger charge is -2.41. The summed E-state index contributed by atoms with van der Waals surface area (Å²) in [5, 5.41) is 28.0. The van der Waals surface area contributed by atoms with E-state index in [0.29, 0.717) is 29.4 Å². The highest BCUT2D eigenvalue weighted by Gasteiger charge is 2.37. The van der Waals surface area contributed by atoms with E-state index in [4.69, 9.17) is 0 Å². The van der Waals surface area contributed by atoms with E-state index >= 15 is 0 Å². The molecule has 0 radical (unpaired) electrons. The number of nitrogens with zero attached hydrogens (tertiary/aromatic N) is 3. The first-order chi connectivity index (χ1) is 14.7. The number of aromatic nitrogens is 3. The molecule has 3 heterocycles. The van der Waals surface area contributed by atoms with Crippen LogP contribution < -0.4 is 16.2 Å².